The van der Waals surface area contributed by atoms with Crippen LogP contribution in [0.5, 0.6) is 0 Å². The van der Waals surface area contributed by atoms with Gasteiger partial charge in [0.25, 0.3) is 0 Å². The van der Waals surface area contributed by atoms with Gasteiger partial charge < -0.3 is 9.47 Å². The third kappa shape index (κ3) is 3.58. The van der Waals surface area contributed by atoms with Crippen LogP contribution in [0.15, 0.2) is 18.2 Å². The Bertz CT molecular complexity index is 351. The molecule has 0 spiro atoms. The molecule has 0 N–H and O–H groups in total. The molecule has 2 rings (SSSR count). The van der Waals surface area contributed by atoms with Crippen molar-refractivity contribution in [3.8, 4) is 0 Å². The van der Waals surface area contributed by atoms with E-state index in [0.717, 1.165) is 28.0 Å². The summed E-state index contributed by atoms with van der Waals surface area (Å²) >= 11 is 8.17. The van der Waals surface area contributed by atoms with Gasteiger partial charge in [0.2, 0.25) is 0 Å². The van der Waals surface area contributed by atoms with E-state index in [1.54, 1.807) is 0 Å². The Morgan fingerprint density at radius 1 is 1.44 bits per heavy atom. The van der Waals surface area contributed by atoms with Crippen molar-refractivity contribution in [2.24, 2.45) is 0 Å². The van der Waals surface area contributed by atoms with Gasteiger partial charge in [0.15, 0.2) is 6.29 Å². The molecule has 0 radical (unpaired) electrons. The maximum Gasteiger partial charge on any atom is 0.158 e. The molecule has 0 amide bonds. The van der Waals surface area contributed by atoms with Gasteiger partial charge in [0, 0.05) is 15.2 Å². The van der Waals surface area contributed by atoms with Gasteiger partial charge in [-0.15, -0.1) is 0 Å². The van der Waals surface area contributed by atoms with Crippen molar-refractivity contribution in [2.75, 3.05) is 6.61 Å². The molecule has 4 heteroatoms. The van der Waals surface area contributed by atoms with E-state index in [4.69, 9.17) is 21.1 Å². The first-order chi connectivity index (χ1) is 7.75. The van der Waals surface area contributed by atoms with E-state index < -0.39 is 0 Å². The first-order valence-corrected chi connectivity index (χ1v) is 6.88. The molecule has 1 fully saturated rings. The van der Waals surface area contributed by atoms with Crippen LogP contribution in [0.4, 0.5) is 0 Å². The van der Waals surface area contributed by atoms with Gasteiger partial charge in [-0.3, -0.25) is 0 Å². The molecule has 1 aromatic carbocycles. The fourth-order valence-electron chi connectivity index (χ4n) is 1.66. The molecule has 16 heavy (non-hydrogen) atoms. The van der Waals surface area contributed by atoms with Gasteiger partial charge in [0.05, 0.1) is 6.61 Å². The van der Waals surface area contributed by atoms with Crippen LogP contribution in [-0.2, 0) is 16.1 Å². The predicted molar refractivity (Wildman–Crippen MR) is 72.5 cm³/mol. The summed E-state index contributed by atoms with van der Waals surface area (Å²) in [6, 6.07) is 5.85. The zero-order valence-electron chi connectivity index (χ0n) is 8.92. The minimum atomic E-state index is -0.0276. The second kappa shape index (κ2) is 6.19. The Morgan fingerprint density at radius 2 is 2.31 bits per heavy atom. The molecule has 0 aliphatic carbocycles. The standard InChI is InChI=1S/C12H14ClIO2/c13-10-5-4-9(11(14)7-10)8-16-12-3-1-2-6-15-12/h4-5,7,12H,1-3,6,8H2. The smallest absolute Gasteiger partial charge is 0.158 e. The molecule has 1 saturated heterocycles. The van der Waals surface area contributed by atoms with Gasteiger partial charge in [0.1, 0.15) is 0 Å². The first-order valence-electron chi connectivity index (χ1n) is 5.43. The molecule has 1 aliphatic heterocycles. The van der Waals surface area contributed by atoms with Crippen molar-refractivity contribution in [2.45, 2.75) is 32.2 Å². The molecular weight excluding hydrogens is 338 g/mol. The molecule has 2 nitrogen and oxygen atoms in total. The number of halogens is 2. The molecule has 0 aromatic heterocycles. The topological polar surface area (TPSA) is 18.5 Å². The van der Waals surface area contributed by atoms with E-state index in [2.05, 4.69) is 22.6 Å². The van der Waals surface area contributed by atoms with E-state index >= 15 is 0 Å². The highest BCUT2D eigenvalue weighted by molar-refractivity contribution is 14.1. The second-order valence-corrected chi connectivity index (χ2v) is 5.44. The average molecular weight is 353 g/mol. The number of hydrogen-bond donors (Lipinski definition) is 0. The third-order valence-electron chi connectivity index (χ3n) is 2.58. The maximum absolute atomic E-state index is 5.90. The van der Waals surface area contributed by atoms with Crippen molar-refractivity contribution in [3.05, 3.63) is 32.4 Å². The van der Waals surface area contributed by atoms with Crippen LogP contribution < -0.4 is 0 Å². The third-order valence-corrected chi connectivity index (χ3v) is 3.82. The van der Waals surface area contributed by atoms with Gasteiger partial charge >= 0.3 is 0 Å². The lowest BCUT2D eigenvalue weighted by Crippen LogP contribution is -2.22. The van der Waals surface area contributed by atoms with Crippen LogP contribution in [0, 0.1) is 3.57 Å². The minimum Gasteiger partial charge on any atom is -0.353 e. The van der Waals surface area contributed by atoms with E-state index in [-0.39, 0.29) is 6.29 Å². The predicted octanol–water partition coefficient (Wildman–Crippen LogP) is 3.99. The molecule has 1 aliphatic rings. The Kier molecular flexibility index (Phi) is 4.88. The van der Waals surface area contributed by atoms with Crippen LogP contribution in [0.3, 0.4) is 0 Å². The van der Waals surface area contributed by atoms with Crippen molar-refractivity contribution in [3.63, 3.8) is 0 Å². The highest BCUT2D eigenvalue weighted by Gasteiger charge is 2.14. The van der Waals surface area contributed by atoms with Crippen LogP contribution in [0.1, 0.15) is 24.8 Å². The molecule has 0 bridgehead atoms. The van der Waals surface area contributed by atoms with E-state index in [0.29, 0.717) is 6.61 Å². The fourth-order valence-corrected chi connectivity index (χ4v) is 2.69. The van der Waals surface area contributed by atoms with Gasteiger partial charge in [-0.1, -0.05) is 17.7 Å². The Hall–Kier alpha value is 0.160. The second-order valence-electron chi connectivity index (χ2n) is 3.84. The molecular formula is C12H14ClIO2. The van der Waals surface area contributed by atoms with E-state index in [9.17, 15) is 0 Å². The Balaban J connectivity index is 1.88. The molecule has 1 aromatic rings. The lowest BCUT2D eigenvalue weighted by Gasteiger charge is -2.22. The lowest BCUT2D eigenvalue weighted by molar-refractivity contribution is -0.169. The Labute approximate surface area is 114 Å². The van der Waals surface area contributed by atoms with Crippen LogP contribution in [-0.4, -0.2) is 12.9 Å². The summed E-state index contributed by atoms with van der Waals surface area (Å²) in [5.41, 5.74) is 1.17. The SMILES string of the molecule is Clc1ccc(COC2CCCCO2)c(I)c1. The van der Waals surface area contributed by atoms with Crippen molar-refractivity contribution in [1.29, 1.82) is 0 Å². The van der Waals surface area contributed by atoms with Crippen molar-refractivity contribution < 1.29 is 9.47 Å². The highest BCUT2D eigenvalue weighted by atomic mass is 127. The Morgan fingerprint density at radius 3 is 3.00 bits per heavy atom. The summed E-state index contributed by atoms with van der Waals surface area (Å²) in [7, 11) is 0. The lowest BCUT2D eigenvalue weighted by atomic mass is 10.2. The quantitative estimate of drug-likeness (QED) is 0.766. The molecule has 1 atom stereocenters. The number of ether oxygens (including phenoxy) is 2. The number of hydrogen-bond acceptors (Lipinski definition) is 2. The van der Waals surface area contributed by atoms with Gasteiger partial charge in [-0.05, 0) is 59.5 Å². The summed E-state index contributed by atoms with van der Waals surface area (Å²) in [5.74, 6) is 0. The largest absolute Gasteiger partial charge is 0.353 e. The molecule has 1 unspecified atom stereocenters. The maximum atomic E-state index is 5.90. The van der Waals surface area contributed by atoms with E-state index in [1.165, 1.54) is 12.0 Å². The molecule has 1 heterocycles. The van der Waals surface area contributed by atoms with E-state index in [1.807, 2.05) is 18.2 Å². The fraction of sp³-hybridized carbons (Fsp3) is 0.500. The summed E-state index contributed by atoms with van der Waals surface area (Å²) in [4.78, 5) is 0. The summed E-state index contributed by atoms with van der Waals surface area (Å²) < 4.78 is 12.4. The average Bonchev–Trinajstić information content (AvgIpc) is 2.29. The molecule has 0 saturated carbocycles. The number of rotatable bonds is 3. The summed E-state index contributed by atoms with van der Waals surface area (Å²) in [5, 5.41) is 0.766. The van der Waals surface area contributed by atoms with Gasteiger partial charge in [-0.2, -0.15) is 0 Å². The zero-order valence-corrected chi connectivity index (χ0v) is 11.8. The van der Waals surface area contributed by atoms with Crippen LogP contribution in [0.25, 0.3) is 0 Å². The van der Waals surface area contributed by atoms with Crippen LogP contribution >= 0.6 is 34.2 Å². The van der Waals surface area contributed by atoms with Crippen molar-refractivity contribution in [1.82, 2.24) is 0 Å². The zero-order chi connectivity index (χ0) is 11.4. The normalized spacial score (nSPS) is 21.0. The highest BCUT2D eigenvalue weighted by Crippen LogP contribution is 2.21. The van der Waals surface area contributed by atoms with Crippen LogP contribution in [0.2, 0.25) is 5.02 Å². The van der Waals surface area contributed by atoms with Crippen molar-refractivity contribution >= 4 is 34.2 Å². The summed E-state index contributed by atoms with van der Waals surface area (Å²) in [6.07, 6.45) is 3.32. The monoisotopic (exact) mass is 352 g/mol. The summed E-state index contributed by atoms with van der Waals surface area (Å²) in [6.45, 7) is 1.42. The minimum absolute atomic E-state index is 0.0276. The first kappa shape index (κ1) is 12.6. The number of benzene rings is 1. The molecule has 88 valence electrons. The van der Waals surface area contributed by atoms with Gasteiger partial charge in [-0.25, -0.2) is 0 Å².